The lowest BCUT2D eigenvalue weighted by Crippen LogP contribution is -2.38. The van der Waals surface area contributed by atoms with Crippen LogP contribution in [0.25, 0.3) is 0 Å². The molecular weight excluding hydrogens is 420 g/mol. The Hall–Kier alpha value is -2.73. The zero-order chi connectivity index (χ0) is 22.3. The molecule has 0 aliphatic carbocycles. The second kappa shape index (κ2) is 10.7. The largest absolute Gasteiger partial charge is 0.497 e. The van der Waals surface area contributed by atoms with Crippen molar-refractivity contribution in [2.45, 2.75) is 43.3 Å². The number of methoxy groups -OCH3 is 1. The first kappa shape index (κ1) is 22.5. The van der Waals surface area contributed by atoms with Crippen molar-refractivity contribution in [1.29, 1.82) is 0 Å². The van der Waals surface area contributed by atoms with Gasteiger partial charge in [0.25, 0.3) is 5.91 Å². The van der Waals surface area contributed by atoms with Crippen molar-refractivity contribution in [3.63, 3.8) is 0 Å². The summed E-state index contributed by atoms with van der Waals surface area (Å²) in [5.41, 5.74) is 3.00. The van der Waals surface area contributed by atoms with E-state index in [-0.39, 0.29) is 5.91 Å². The van der Waals surface area contributed by atoms with Gasteiger partial charge >= 0.3 is 0 Å². The highest BCUT2D eigenvalue weighted by Crippen LogP contribution is 2.29. The van der Waals surface area contributed by atoms with E-state index in [1.807, 2.05) is 54.3 Å². The Morgan fingerprint density at radius 1 is 1.16 bits per heavy atom. The quantitative estimate of drug-likeness (QED) is 0.408. The number of likely N-dealkylation sites (tertiary alicyclic amines) is 1. The molecule has 0 atom stereocenters. The van der Waals surface area contributed by atoms with Crippen molar-refractivity contribution in [3.05, 3.63) is 77.2 Å². The zero-order valence-corrected chi connectivity index (χ0v) is 19.6. The summed E-state index contributed by atoms with van der Waals surface area (Å²) in [5.74, 6) is 3.19. The summed E-state index contributed by atoms with van der Waals surface area (Å²) in [6.45, 7) is 3.56. The molecule has 1 amide bonds. The molecule has 0 N–H and O–H groups in total. The summed E-state index contributed by atoms with van der Waals surface area (Å²) < 4.78 is 10.5. The van der Waals surface area contributed by atoms with E-state index < -0.39 is 0 Å². The number of rotatable bonds is 8. The van der Waals surface area contributed by atoms with Gasteiger partial charge in [0.1, 0.15) is 11.5 Å². The Balaban J connectivity index is 1.29. The molecule has 1 saturated heterocycles. The summed E-state index contributed by atoms with van der Waals surface area (Å²) in [7, 11) is 1.69. The van der Waals surface area contributed by atoms with E-state index >= 15 is 0 Å². The molecule has 168 valence electrons. The lowest BCUT2D eigenvalue weighted by atomic mass is 9.90. The van der Waals surface area contributed by atoms with Crippen LogP contribution < -0.4 is 4.74 Å². The first-order valence-corrected chi connectivity index (χ1v) is 12.2. The van der Waals surface area contributed by atoms with Crippen LogP contribution in [0.15, 0.2) is 64.0 Å². The predicted octanol–water partition coefficient (Wildman–Crippen LogP) is 5.77. The van der Waals surface area contributed by atoms with E-state index in [2.05, 4.69) is 17.3 Å². The number of thioether (sulfide) groups is 1. The Kier molecular flexibility index (Phi) is 7.53. The number of hydrogen-bond donors (Lipinski definition) is 0. The second-order valence-electron chi connectivity index (χ2n) is 8.34. The Morgan fingerprint density at radius 3 is 2.59 bits per heavy atom. The minimum absolute atomic E-state index is 0.135. The average Bonchev–Trinajstić information content (AvgIpc) is 3.27. The fourth-order valence-electron chi connectivity index (χ4n) is 4.16. The lowest BCUT2D eigenvalue weighted by Gasteiger charge is -2.32. The maximum absolute atomic E-state index is 13.2. The van der Waals surface area contributed by atoms with Gasteiger partial charge in [-0.25, -0.2) is 0 Å². The molecule has 0 spiro atoms. The Morgan fingerprint density at radius 2 is 1.91 bits per heavy atom. The standard InChI is InChI=1S/C26H30N2O3S/c1-19-17-23(31-27-19)18-32-25-6-4-3-5-24(25)26(29)28-15-13-21(14-16-28)8-7-20-9-11-22(30-2)12-10-20/h3-6,9-12,17,21H,7-8,13-16,18H2,1-2H3. The lowest BCUT2D eigenvalue weighted by molar-refractivity contribution is 0.0683. The highest BCUT2D eigenvalue weighted by atomic mass is 32.2. The zero-order valence-electron chi connectivity index (χ0n) is 18.8. The van der Waals surface area contributed by atoms with Crippen LogP contribution in [0.3, 0.4) is 0 Å². The van der Waals surface area contributed by atoms with Crippen LogP contribution in [-0.4, -0.2) is 36.2 Å². The molecule has 6 heteroatoms. The maximum atomic E-state index is 13.2. The number of piperidine rings is 1. The smallest absolute Gasteiger partial charge is 0.254 e. The normalized spacial score (nSPS) is 14.5. The molecule has 0 saturated carbocycles. The van der Waals surface area contributed by atoms with Gasteiger partial charge in [-0.05, 0) is 68.4 Å². The van der Waals surface area contributed by atoms with Crippen LogP contribution in [0.4, 0.5) is 0 Å². The van der Waals surface area contributed by atoms with Crippen LogP contribution >= 0.6 is 11.8 Å². The Labute approximate surface area is 194 Å². The number of hydrogen-bond acceptors (Lipinski definition) is 5. The minimum Gasteiger partial charge on any atom is -0.497 e. The van der Waals surface area contributed by atoms with E-state index in [9.17, 15) is 4.79 Å². The molecule has 1 fully saturated rings. The third-order valence-corrected chi connectivity index (χ3v) is 7.16. The van der Waals surface area contributed by atoms with Gasteiger partial charge in [0, 0.05) is 24.1 Å². The topological polar surface area (TPSA) is 55.6 Å². The third kappa shape index (κ3) is 5.74. The number of carbonyl (C=O) groups excluding carboxylic acids is 1. The van der Waals surface area contributed by atoms with Crippen LogP contribution in [0, 0.1) is 12.8 Å². The monoisotopic (exact) mass is 450 g/mol. The SMILES string of the molecule is COc1ccc(CCC2CCN(C(=O)c3ccccc3SCc3cc(C)no3)CC2)cc1. The number of aromatic nitrogens is 1. The summed E-state index contributed by atoms with van der Waals surface area (Å²) in [5, 5.41) is 3.94. The number of aryl methyl sites for hydroxylation is 2. The van der Waals surface area contributed by atoms with Crippen molar-refractivity contribution in [3.8, 4) is 5.75 Å². The molecule has 1 aliphatic rings. The minimum atomic E-state index is 0.135. The van der Waals surface area contributed by atoms with Gasteiger partial charge in [-0.2, -0.15) is 0 Å². The fraction of sp³-hybridized carbons (Fsp3) is 0.385. The molecular formula is C26H30N2O3S. The van der Waals surface area contributed by atoms with Gasteiger partial charge < -0.3 is 14.2 Å². The molecule has 2 aromatic carbocycles. The molecule has 32 heavy (non-hydrogen) atoms. The van der Waals surface area contributed by atoms with E-state index in [1.165, 1.54) is 5.56 Å². The van der Waals surface area contributed by atoms with Crippen molar-refractivity contribution < 1.29 is 14.1 Å². The van der Waals surface area contributed by atoms with Gasteiger partial charge in [-0.15, -0.1) is 11.8 Å². The molecule has 4 rings (SSSR count). The van der Waals surface area contributed by atoms with E-state index in [4.69, 9.17) is 9.26 Å². The highest BCUT2D eigenvalue weighted by Gasteiger charge is 2.25. The summed E-state index contributed by atoms with van der Waals surface area (Å²) in [4.78, 5) is 16.3. The fourth-order valence-corrected chi connectivity index (χ4v) is 5.08. The Bertz CT molecular complexity index is 1020. The number of nitrogens with zero attached hydrogens (tertiary/aromatic N) is 2. The van der Waals surface area contributed by atoms with Gasteiger partial charge in [0.2, 0.25) is 0 Å². The average molecular weight is 451 g/mol. The first-order chi connectivity index (χ1) is 15.6. The predicted molar refractivity (Wildman–Crippen MR) is 127 cm³/mol. The van der Waals surface area contributed by atoms with Crippen LogP contribution in [0.2, 0.25) is 0 Å². The molecule has 1 aliphatic heterocycles. The summed E-state index contributed by atoms with van der Waals surface area (Å²) in [6, 6.07) is 18.2. The van der Waals surface area contributed by atoms with E-state index in [1.54, 1.807) is 18.9 Å². The summed E-state index contributed by atoms with van der Waals surface area (Å²) in [6.07, 6.45) is 4.36. The van der Waals surface area contributed by atoms with E-state index in [0.29, 0.717) is 11.7 Å². The van der Waals surface area contributed by atoms with Gasteiger partial charge in [0.05, 0.1) is 24.1 Å². The molecule has 5 nitrogen and oxygen atoms in total. The third-order valence-electron chi connectivity index (χ3n) is 6.07. The second-order valence-corrected chi connectivity index (χ2v) is 9.36. The maximum Gasteiger partial charge on any atom is 0.254 e. The number of benzene rings is 2. The molecule has 0 unspecified atom stereocenters. The van der Waals surface area contributed by atoms with E-state index in [0.717, 1.165) is 66.4 Å². The van der Waals surface area contributed by atoms with Crippen molar-refractivity contribution >= 4 is 17.7 Å². The van der Waals surface area contributed by atoms with Crippen LogP contribution in [0.1, 0.15) is 46.6 Å². The first-order valence-electron chi connectivity index (χ1n) is 11.2. The molecule has 2 heterocycles. The molecule has 0 radical (unpaired) electrons. The van der Waals surface area contributed by atoms with Gasteiger partial charge in [0.15, 0.2) is 0 Å². The van der Waals surface area contributed by atoms with Crippen molar-refractivity contribution in [2.24, 2.45) is 5.92 Å². The molecule has 3 aromatic rings. The van der Waals surface area contributed by atoms with Crippen molar-refractivity contribution in [1.82, 2.24) is 10.1 Å². The number of amides is 1. The molecule has 1 aromatic heterocycles. The van der Waals surface area contributed by atoms with Crippen molar-refractivity contribution in [2.75, 3.05) is 20.2 Å². The highest BCUT2D eigenvalue weighted by molar-refractivity contribution is 7.98. The van der Waals surface area contributed by atoms with Crippen LogP contribution in [0.5, 0.6) is 5.75 Å². The molecule has 0 bridgehead atoms. The number of carbonyl (C=O) groups is 1. The van der Waals surface area contributed by atoms with Crippen LogP contribution in [-0.2, 0) is 12.2 Å². The van der Waals surface area contributed by atoms with Gasteiger partial charge in [-0.3, -0.25) is 4.79 Å². The number of ether oxygens (including phenoxy) is 1. The summed E-state index contributed by atoms with van der Waals surface area (Å²) >= 11 is 1.62. The van der Waals surface area contributed by atoms with Gasteiger partial charge in [-0.1, -0.05) is 29.4 Å².